The van der Waals surface area contributed by atoms with Crippen LogP contribution in [0.5, 0.6) is 0 Å². The Morgan fingerprint density at radius 2 is 1.86 bits per heavy atom. The molecule has 35 heavy (non-hydrogen) atoms. The summed E-state index contributed by atoms with van der Waals surface area (Å²) >= 11 is 1.46. The number of aromatic nitrogens is 2. The molecular weight excluding hydrogens is 458 g/mol. The van der Waals surface area contributed by atoms with Crippen molar-refractivity contribution in [2.24, 2.45) is 0 Å². The van der Waals surface area contributed by atoms with Crippen LogP contribution >= 0.6 is 11.8 Å². The Bertz CT molecular complexity index is 1070. The summed E-state index contributed by atoms with van der Waals surface area (Å²) in [4.78, 5) is 24.4. The summed E-state index contributed by atoms with van der Waals surface area (Å²) in [5.74, 6) is 0.668. The normalized spacial score (nSPS) is 12.0. The van der Waals surface area contributed by atoms with Crippen molar-refractivity contribution in [1.82, 2.24) is 20.2 Å². The third-order valence-electron chi connectivity index (χ3n) is 5.72. The number of anilines is 1. The summed E-state index contributed by atoms with van der Waals surface area (Å²) in [5, 5.41) is 3.89. The molecule has 0 aliphatic heterocycles. The number of nitrogens with one attached hydrogen (secondary N) is 1. The van der Waals surface area contributed by atoms with Gasteiger partial charge in [0.2, 0.25) is 0 Å². The molecular formula is C27H35N5O2S. The van der Waals surface area contributed by atoms with Gasteiger partial charge in [-0.15, -0.1) is 0 Å². The lowest BCUT2D eigenvalue weighted by atomic mass is 10.1. The highest BCUT2D eigenvalue weighted by atomic mass is 32.2. The van der Waals surface area contributed by atoms with Crippen molar-refractivity contribution in [2.75, 3.05) is 51.9 Å². The lowest BCUT2D eigenvalue weighted by molar-refractivity contribution is 0.0410. The van der Waals surface area contributed by atoms with Gasteiger partial charge in [0.1, 0.15) is 5.82 Å². The highest BCUT2D eigenvalue weighted by Crippen LogP contribution is 2.20. The minimum absolute atomic E-state index is 0.00717. The fraction of sp³-hybridized carbons (Fsp3) is 0.370. The molecule has 8 heteroatoms. The molecule has 0 spiro atoms. The van der Waals surface area contributed by atoms with Crippen LogP contribution in [0, 0.1) is 0 Å². The van der Waals surface area contributed by atoms with Gasteiger partial charge in [-0.1, -0.05) is 66.4 Å². The van der Waals surface area contributed by atoms with Gasteiger partial charge < -0.3 is 19.9 Å². The molecule has 0 fully saturated rings. The largest absolute Gasteiger partial charge is 0.368 e. The maximum atomic E-state index is 11.4. The predicted octanol–water partition coefficient (Wildman–Crippen LogP) is 4.06. The molecule has 186 valence electrons. The Kier molecular flexibility index (Phi) is 10.7. The standard InChI is InChI=1S/C27H35N5O2S/c1-28-17-25(23-11-6-5-7-12-23)34-20-22-10-8-9-21(15-22)18-31(2)13-14-32(3)26-24(19-33)16-29-27(30-26)35-4/h5-12,15-16,19,25,28H,13-14,17-18,20H2,1-4H3. The Morgan fingerprint density at radius 1 is 1.09 bits per heavy atom. The molecule has 0 amide bonds. The van der Waals surface area contributed by atoms with Crippen molar-refractivity contribution in [3.8, 4) is 0 Å². The van der Waals surface area contributed by atoms with Gasteiger partial charge in [0, 0.05) is 39.4 Å². The van der Waals surface area contributed by atoms with E-state index in [9.17, 15) is 4.79 Å². The van der Waals surface area contributed by atoms with Crippen LogP contribution in [0.4, 0.5) is 5.82 Å². The molecule has 1 aromatic heterocycles. The van der Waals surface area contributed by atoms with Crippen molar-refractivity contribution in [1.29, 1.82) is 0 Å². The van der Waals surface area contributed by atoms with Crippen molar-refractivity contribution < 1.29 is 9.53 Å². The summed E-state index contributed by atoms with van der Waals surface area (Å²) in [6, 6.07) is 18.9. The number of ether oxygens (including phenoxy) is 1. The Balaban J connectivity index is 1.55. The smallest absolute Gasteiger partial charge is 0.189 e. The van der Waals surface area contributed by atoms with Gasteiger partial charge in [0.25, 0.3) is 0 Å². The van der Waals surface area contributed by atoms with Crippen LogP contribution in [0.25, 0.3) is 0 Å². The zero-order valence-corrected chi connectivity index (χ0v) is 21.8. The average molecular weight is 494 g/mol. The van der Waals surface area contributed by atoms with Gasteiger partial charge in [-0.25, -0.2) is 9.97 Å². The number of carbonyl (C=O) groups is 1. The Hall–Kier alpha value is -2.78. The highest BCUT2D eigenvalue weighted by molar-refractivity contribution is 7.98. The Labute approximate surface area is 212 Å². The van der Waals surface area contributed by atoms with E-state index in [1.54, 1.807) is 6.20 Å². The van der Waals surface area contributed by atoms with Gasteiger partial charge in [-0.05, 0) is 37.0 Å². The van der Waals surface area contributed by atoms with Gasteiger partial charge in [-0.2, -0.15) is 0 Å². The van der Waals surface area contributed by atoms with E-state index in [4.69, 9.17) is 4.74 Å². The summed E-state index contributed by atoms with van der Waals surface area (Å²) in [7, 11) is 6.00. The van der Waals surface area contributed by atoms with Crippen LogP contribution in [-0.4, -0.2) is 68.2 Å². The second-order valence-corrected chi connectivity index (χ2v) is 9.27. The minimum atomic E-state index is 0.00717. The van der Waals surface area contributed by atoms with Crippen LogP contribution in [0.15, 0.2) is 66.0 Å². The SMILES string of the molecule is CNCC(OCc1cccc(CN(C)CCN(C)c2nc(SC)ncc2C=O)c1)c1ccccc1. The van der Waals surface area contributed by atoms with Crippen LogP contribution < -0.4 is 10.2 Å². The van der Waals surface area contributed by atoms with E-state index in [1.807, 2.05) is 43.5 Å². The number of thioether (sulfide) groups is 1. The molecule has 7 nitrogen and oxygen atoms in total. The van der Waals surface area contributed by atoms with Crippen molar-refractivity contribution in [3.05, 3.63) is 83.0 Å². The first-order chi connectivity index (χ1) is 17.0. The predicted molar refractivity (Wildman–Crippen MR) is 143 cm³/mol. The minimum Gasteiger partial charge on any atom is -0.368 e. The van der Waals surface area contributed by atoms with Crippen molar-refractivity contribution in [3.63, 3.8) is 0 Å². The van der Waals surface area contributed by atoms with E-state index in [1.165, 1.54) is 22.9 Å². The number of likely N-dealkylation sites (N-methyl/N-ethyl adjacent to an activating group) is 3. The molecule has 0 aliphatic carbocycles. The van der Waals surface area contributed by atoms with Gasteiger partial charge in [0.05, 0.1) is 18.3 Å². The summed E-state index contributed by atoms with van der Waals surface area (Å²) in [5.41, 5.74) is 4.08. The van der Waals surface area contributed by atoms with Crippen LogP contribution in [-0.2, 0) is 17.9 Å². The van der Waals surface area contributed by atoms with Gasteiger partial charge in [0.15, 0.2) is 11.4 Å². The topological polar surface area (TPSA) is 70.6 Å². The maximum Gasteiger partial charge on any atom is 0.189 e. The first-order valence-corrected chi connectivity index (χ1v) is 12.9. The van der Waals surface area contributed by atoms with E-state index in [0.717, 1.165) is 38.0 Å². The van der Waals surface area contributed by atoms with Crippen molar-refractivity contribution in [2.45, 2.75) is 24.4 Å². The zero-order chi connectivity index (χ0) is 25.0. The molecule has 2 aromatic carbocycles. The second-order valence-electron chi connectivity index (χ2n) is 8.50. The maximum absolute atomic E-state index is 11.4. The number of hydrogen-bond donors (Lipinski definition) is 1. The monoisotopic (exact) mass is 493 g/mol. The average Bonchev–Trinajstić information content (AvgIpc) is 2.90. The molecule has 0 radical (unpaired) electrons. The van der Waals surface area contributed by atoms with Gasteiger partial charge >= 0.3 is 0 Å². The van der Waals surface area contributed by atoms with E-state index in [-0.39, 0.29) is 6.10 Å². The second kappa shape index (κ2) is 13.9. The number of carbonyl (C=O) groups excluding carboxylic acids is 1. The van der Waals surface area contributed by atoms with E-state index in [2.05, 4.69) is 63.6 Å². The number of nitrogens with zero attached hydrogens (tertiary/aromatic N) is 4. The molecule has 1 unspecified atom stereocenters. The quantitative estimate of drug-likeness (QED) is 0.205. The first kappa shape index (κ1) is 26.8. The highest BCUT2D eigenvalue weighted by Gasteiger charge is 2.13. The third kappa shape index (κ3) is 8.14. The van der Waals surface area contributed by atoms with E-state index in [0.29, 0.717) is 23.1 Å². The van der Waals surface area contributed by atoms with Crippen LogP contribution in [0.2, 0.25) is 0 Å². The molecule has 0 bridgehead atoms. The number of aldehydes is 1. The van der Waals surface area contributed by atoms with E-state index < -0.39 is 0 Å². The van der Waals surface area contributed by atoms with Crippen molar-refractivity contribution >= 4 is 23.9 Å². The van der Waals surface area contributed by atoms with Gasteiger partial charge in [-0.3, -0.25) is 4.79 Å². The molecule has 3 aromatic rings. The summed E-state index contributed by atoms with van der Waals surface area (Å²) in [6.07, 6.45) is 4.34. The lowest BCUT2D eigenvalue weighted by Gasteiger charge is -2.24. The number of hydrogen-bond acceptors (Lipinski definition) is 8. The molecule has 0 aliphatic rings. The molecule has 3 rings (SSSR count). The molecule has 0 saturated heterocycles. The third-order valence-corrected chi connectivity index (χ3v) is 6.28. The fourth-order valence-corrected chi connectivity index (χ4v) is 4.15. The first-order valence-electron chi connectivity index (χ1n) is 11.7. The molecule has 1 atom stereocenters. The summed E-state index contributed by atoms with van der Waals surface area (Å²) in [6.45, 7) is 3.71. The van der Waals surface area contributed by atoms with E-state index >= 15 is 0 Å². The zero-order valence-electron chi connectivity index (χ0n) is 21.0. The Morgan fingerprint density at radius 3 is 2.57 bits per heavy atom. The fourth-order valence-electron chi connectivity index (χ4n) is 3.81. The van der Waals surface area contributed by atoms with Crippen LogP contribution in [0.1, 0.15) is 33.2 Å². The summed E-state index contributed by atoms with van der Waals surface area (Å²) < 4.78 is 6.26. The number of rotatable bonds is 14. The van der Waals surface area contributed by atoms with Crippen LogP contribution in [0.3, 0.4) is 0 Å². The molecule has 1 N–H and O–H groups in total. The molecule has 0 saturated carbocycles. The lowest BCUT2D eigenvalue weighted by Crippen LogP contribution is -2.31. The molecule has 1 heterocycles. The number of benzene rings is 2.